The number of fused-ring (bicyclic) bond motifs is 15. The number of hydrogen-bond donors (Lipinski definition) is 0. The van der Waals surface area contributed by atoms with Crippen molar-refractivity contribution in [1.29, 1.82) is 0 Å². The van der Waals surface area contributed by atoms with Gasteiger partial charge in [-0.15, -0.1) is 0 Å². The van der Waals surface area contributed by atoms with Crippen LogP contribution in [0.25, 0.3) is 44.5 Å². The number of para-hydroxylation sites is 1. The fraction of sp³-hybridized carbons (Fsp3) is 0.239. The SMILES string of the molecule is CCc1cccc(N(c2ccccc2)c2ccc(-c3cccc4c3C35CC6CC7(CCC8CC(CCC(C3)c3ccccc3-4)(c3ccccc3-c3ccccc38)C75)c3ccccc3-c3ccccc36)cc2)c1. The Kier molecular flexibility index (Phi) is 9.52. The number of benzene rings is 9. The maximum absolute atomic E-state index is 2.63. The Bertz CT molecular complexity index is 3580. The van der Waals surface area contributed by atoms with Gasteiger partial charge >= 0.3 is 0 Å². The molecule has 6 aliphatic carbocycles. The third kappa shape index (κ3) is 6.00. The lowest BCUT2D eigenvalue weighted by Crippen LogP contribution is -2.60. The van der Waals surface area contributed by atoms with Crippen molar-refractivity contribution in [2.45, 2.75) is 98.7 Å². The molecule has 6 aliphatic rings. The van der Waals surface area contributed by atoms with E-state index in [1.54, 1.807) is 33.4 Å². The van der Waals surface area contributed by atoms with Crippen LogP contribution in [-0.4, -0.2) is 0 Å². The highest BCUT2D eigenvalue weighted by atomic mass is 15.1. The van der Waals surface area contributed by atoms with Crippen molar-refractivity contribution in [2.24, 2.45) is 5.92 Å². The molecule has 72 heavy (non-hydrogen) atoms. The van der Waals surface area contributed by atoms with Crippen LogP contribution in [0.15, 0.2) is 218 Å². The lowest BCUT2D eigenvalue weighted by Gasteiger charge is -2.63. The van der Waals surface area contributed by atoms with Crippen LogP contribution in [0.5, 0.6) is 0 Å². The van der Waals surface area contributed by atoms with Gasteiger partial charge in [0, 0.05) is 33.3 Å². The molecule has 3 fully saturated rings. The highest BCUT2D eigenvalue weighted by Gasteiger charge is 2.69. The molecule has 3 saturated carbocycles. The molecule has 0 saturated heterocycles. The quantitative estimate of drug-likeness (QED) is 0.166. The zero-order valence-corrected chi connectivity index (χ0v) is 41.4. The first kappa shape index (κ1) is 42.5. The van der Waals surface area contributed by atoms with E-state index in [2.05, 4.69) is 230 Å². The van der Waals surface area contributed by atoms with E-state index in [-0.39, 0.29) is 16.2 Å². The predicted octanol–water partition coefficient (Wildman–Crippen LogP) is 18.6. The van der Waals surface area contributed by atoms with Gasteiger partial charge in [-0.25, -0.2) is 0 Å². The zero-order valence-electron chi connectivity index (χ0n) is 41.4. The van der Waals surface area contributed by atoms with Gasteiger partial charge < -0.3 is 4.90 Å². The van der Waals surface area contributed by atoms with E-state index in [4.69, 9.17) is 0 Å². The maximum Gasteiger partial charge on any atom is 0.0464 e. The van der Waals surface area contributed by atoms with E-state index in [1.807, 2.05) is 0 Å². The summed E-state index contributed by atoms with van der Waals surface area (Å²) >= 11 is 0. The molecule has 0 aromatic heterocycles. The fourth-order valence-electron chi connectivity index (χ4n) is 17.3. The van der Waals surface area contributed by atoms with Gasteiger partial charge in [0.2, 0.25) is 0 Å². The summed E-state index contributed by atoms with van der Waals surface area (Å²) in [5.41, 5.74) is 25.7. The molecule has 3 spiro atoms. The number of anilines is 3. The van der Waals surface area contributed by atoms with Crippen LogP contribution >= 0.6 is 0 Å². The molecule has 9 aromatic carbocycles. The minimum absolute atomic E-state index is 0.0739. The van der Waals surface area contributed by atoms with E-state index in [9.17, 15) is 0 Å². The first-order valence-corrected chi connectivity index (χ1v) is 27.2. The summed E-state index contributed by atoms with van der Waals surface area (Å²) < 4.78 is 0. The number of nitrogens with zero attached hydrogens (tertiary/aromatic N) is 1. The second-order valence-electron chi connectivity index (χ2n) is 22.7. The fourth-order valence-corrected chi connectivity index (χ4v) is 17.3. The van der Waals surface area contributed by atoms with E-state index in [0.717, 1.165) is 19.3 Å². The van der Waals surface area contributed by atoms with Gasteiger partial charge in [-0.2, -0.15) is 0 Å². The molecule has 1 nitrogen and oxygen atoms in total. The average molecular weight is 928 g/mol. The second kappa shape index (κ2) is 16.1. The summed E-state index contributed by atoms with van der Waals surface area (Å²) in [6.45, 7) is 2.25. The lowest BCUT2D eigenvalue weighted by atomic mass is 9.39. The van der Waals surface area contributed by atoms with Crippen LogP contribution in [0.4, 0.5) is 17.1 Å². The van der Waals surface area contributed by atoms with Crippen LogP contribution in [0.3, 0.4) is 0 Å². The Labute approximate surface area is 426 Å². The second-order valence-corrected chi connectivity index (χ2v) is 22.7. The first-order chi connectivity index (χ1) is 35.6. The molecule has 1 heteroatoms. The third-order valence-corrected chi connectivity index (χ3v) is 19.6. The van der Waals surface area contributed by atoms with Crippen molar-refractivity contribution in [3.8, 4) is 44.5 Å². The van der Waals surface area contributed by atoms with Crippen molar-refractivity contribution < 1.29 is 0 Å². The van der Waals surface area contributed by atoms with Gasteiger partial charge in [-0.3, -0.25) is 0 Å². The van der Waals surface area contributed by atoms with E-state index in [0.29, 0.717) is 23.7 Å². The van der Waals surface area contributed by atoms with Crippen LogP contribution in [0.1, 0.15) is 115 Å². The smallest absolute Gasteiger partial charge is 0.0464 e. The largest absolute Gasteiger partial charge is 0.310 e. The predicted molar refractivity (Wildman–Crippen MR) is 299 cm³/mol. The minimum atomic E-state index is -0.173. The maximum atomic E-state index is 2.63. The molecular formula is C71H61N. The summed E-state index contributed by atoms with van der Waals surface area (Å²) in [5.74, 6) is 1.67. The highest BCUT2D eigenvalue weighted by Crippen LogP contribution is 2.77. The zero-order chi connectivity index (χ0) is 47.6. The number of aryl methyl sites for hydroxylation is 1. The van der Waals surface area contributed by atoms with Gasteiger partial charge in [0.1, 0.15) is 0 Å². The molecule has 0 amide bonds. The van der Waals surface area contributed by atoms with Gasteiger partial charge in [-0.05, 0) is 201 Å². The molecule has 7 unspecified atom stereocenters. The molecule has 9 aromatic rings. The first-order valence-electron chi connectivity index (χ1n) is 27.2. The summed E-state index contributed by atoms with van der Waals surface area (Å²) in [4.78, 5) is 2.44. The van der Waals surface area contributed by atoms with E-state index in [1.165, 1.54) is 106 Å². The highest BCUT2D eigenvalue weighted by molar-refractivity contribution is 5.87. The average Bonchev–Trinajstić information content (AvgIpc) is 3.85. The normalized spacial score (nSPS) is 25.6. The molecule has 0 aliphatic heterocycles. The molecule has 350 valence electrons. The van der Waals surface area contributed by atoms with Crippen molar-refractivity contribution >= 4 is 17.1 Å². The number of hydrogen-bond acceptors (Lipinski definition) is 1. The minimum Gasteiger partial charge on any atom is -0.310 e. The van der Waals surface area contributed by atoms with Crippen LogP contribution in [0, 0.1) is 5.92 Å². The topological polar surface area (TPSA) is 3.24 Å². The van der Waals surface area contributed by atoms with Crippen LogP contribution < -0.4 is 4.90 Å². The lowest BCUT2D eigenvalue weighted by molar-refractivity contribution is 0.00273. The van der Waals surface area contributed by atoms with Crippen molar-refractivity contribution in [3.63, 3.8) is 0 Å². The monoisotopic (exact) mass is 927 g/mol. The molecule has 0 radical (unpaired) electrons. The number of rotatable bonds is 5. The summed E-state index contributed by atoms with van der Waals surface area (Å²) in [7, 11) is 0. The summed E-state index contributed by atoms with van der Waals surface area (Å²) in [6, 6.07) is 86.0. The Hall–Kier alpha value is -7.22. The molecule has 6 bridgehead atoms. The van der Waals surface area contributed by atoms with E-state index < -0.39 is 0 Å². The summed E-state index contributed by atoms with van der Waals surface area (Å²) in [6.07, 6.45) is 10.5. The van der Waals surface area contributed by atoms with Gasteiger partial charge in [-0.1, -0.05) is 189 Å². The Morgan fingerprint density at radius 2 is 0.819 bits per heavy atom. The van der Waals surface area contributed by atoms with Gasteiger partial charge in [0.05, 0.1) is 0 Å². The summed E-state index contributed by atoms with van der Waals surface area (Å²) in [5, 5.41) is 0. The van der Waals surface area contributed by atoms with Crippen molar-refractivity contribution in [1.82, 2.24) is 0 Å². The Morgan fingerprint density at radius 1 is 0.375 bits per heavy atom. The van der Waals surface area contributed by atoms with Crippen molar-refractivity contribution in [3.05, 3.63) is 257 Å². The molecule has 7 atom stereocenters. The van der Waals surface area contributed by atoms with Crippen molar-refractivity contribution in [2.75, 3.05) is 4.90 Å². The molecule has 0 N–H and O–H groups in total. The van der Waals surface area contributed by atoms with Gasteiger partial charge in [0.25, 0.3) is 0 Å². The third-order valence-electron chi connectivity index (χ3n) is 19.6. The van der Waals surface area contributed by atoms with Crippen LogP contribution in [-0.2, 0) is 22.7 Å². The molecule has 15 rings (SSSR count). The molecule has 0 heterocycles. The molecular weight excluding hydrogens is 867 g/mol. The Balaban J connectivity index is 1.04. The standard InChI is InChI=1S/C71H61N/c1-2-47-18-16-21-54(42-47)72(52-19-4-3-5-20-52)53-36-34-48(35-37-53)58-30-17-31-64-61-27-11-7-23-56(61)50-39-40-69-43-49(55-22-6-9-25-59(55)62-28-12-14-32-65(62)69)38-41-70-45-51(46-71(44-50,67(58)64)68(69)70)57-24-8-10-26-60(57)63-29-13-15-33-66(63)70/h3-37,42,49-51,68H,2,38-41,43-46H2,1H3. The Morgan fingerprint density at radius 3 is 1.44 bits per heavy atom. The van der Waals surface area contributed by atoms with Crippen LogP contribution in [0.2, 0.25) is 0 Å². The van der Waals surface area contributed by atoms with E-state index >= 15 is 0 Å². The van der Waals surface area contributed by atoms with Gasteiger partial charge in [0.15, 0.2) is 0 Å².